The van der Waals surface area contributed by atoms with Gasteiger partial charge >= 0.3 is 5.69 Å². The normalized spacial score (nSPS) is 11.9. The minimum atomic E-state index is -0.448. The van der Waals surface area contributed by atoms with Crippen LogP contribution in [0.4, 0.5) is 5.69 Å². The molecule has 0 unspecified atom stereocenters. The minimum Gasteiger partial charge on any atom is -0.258 e. The Kier molecular flexibility index (Phi) is 2.15. The number of hydrogen-bond donors (Lipinski definition) is 0. The van der Waals surface area contributed by atoms with E-state index in [-0.39, 0.29) is 16.7 Å². The molecule has 2 rings (SSSR count). The standard InChI is InChI=1S/C10H12N4O2/c1-10(2,3)9-11-8-7(14(15)16)5-4-6-13(8)12-9/h4-6H,1-3H3. The lowest BCUT2D eigenvalue weighted by atomic mass is 9.96. The summed E-state index contributed by atoms with van der Waals surface area (Å²) >= 11 is 0. The number of nitro groups is 1. The molecule has 0 N–H and O–H groups in total. The molecule has 0 spiro atoms. The van der Waals surface area contributed by atoms with Crippen molar-refractivity contribution in [2.75, 3.05) is 0 Å². The Morgan fingerprint density at radius 3 is 2.69 bits per heavy atom. The van der Waals surface area contributed by atoms with Crippen LogP contribution in [0.15, 0.2) is 18.3 Å². The number of aromatic nitrogens is 3. The molecule has 16 heavy (non-hydrogen) atoms. The summed E-state index contributed by atoms with van der Waals surface area (Å²) in [6.45, 7) is 5.90. The van der Waals surface area contributed by atoms with Crippen LogP contribution in [0.2, 0.25) is 0 Å². The van der Waals surface area contributed by atoms with Gasteiger partial charge in [-0.3, -0.25) is 10.1 Å². The summed E-state index contributed by atoms with van der Waals surface area (Å²) in [6, 6.07) is 3.02. The second-order valence-corrected chi connectivity index (χ2v) is 4.60. The third-order valence-electron chi connectivity index (χ3n) is 2.21. The lowest BCUT2D eigenvalue weighted by Gasteiger charge is -2.11. The van der Waals surface area contributed by atoms with Crippen molar-refractivity contribution in [1.82, 2.24) is 14.6 Å². The Morgan fingerprint density at radius 2 is 2.12 bits per heavy atom. The van der Waals surface area contributed by atoms with Crippen LogP contribution < -0.4 is 0 Å². The van der Waals surface area contributed by atoms with E-state index in [2.05, 4.69) is 10.1 Å². The molecule has 0 amide bonds. The van der Waals surface area contributed by atoms with E-state index in [9.17, 15) is 10.1 Å². The number of hydrogen-bond acceptors (Lipinski definition) is 4. The van der Waals surface area contributed by atoms with Gasteiger partial charge in [0.25, 0.3) is 0 Å². The number of nitrogens with zero attached hydrogens (tertiary/aromatic N) is 4. The maximum Gasteiger partial charge on any atom is 0.313 e. The Hall–Kier alpha value is -1.98. The zero-order valence-electron chi connectivity index (χ0n) is 9.34. The highest BCUT2D eigenvalue weighted by Crippen LogP contribution is 2.23. The van der Waals surface area contributed by atoms with E-state index in [1.165, 1.54) is 10.6 Å². The molecule has 0 fully saturated rings. The Labute approximate surface area is 92.1 Å². The van der Waals surface area contributed by atoms with Crippen LogP contribution in [0.3, 0.4) is 0 Å². The van der Waals surface area contributed by atoms with Gasteiger partial charge in [-0.15, -0.1) is 0 Å². The second kappa shape index (κ2) is 3.26. The van der Waals surface area contributed by atoms with E-state index >= 15 is 0 Å². The van der Waals surface area contributed by atoms with Gasteiger partial charge in [0.15, 0.2) is 5.82 Å². The van der Waals surface area contributed by atoms with Gasteiger partial charge in [0.2, 0.25) is 5.65 Å². The first kappa shape index (κ1) is 10.5. The molecule has 84 valence electrons. The average molecular weight is 220 g/mol. The highest BCUT2D eigenvalue weighted by atomic mass is 16.6. The maximum atomic E-state index is 10.8. The lowest BCUT2D eigenvalue weighted by Crippen LogP contribution is -2.13. The molecular weight excluding hydrogens is 208 g/mol. The first-order valence-corrected chi connectivity index (χ1v) is 4.90. The van der Waals surface area contributed by atoms with Gasteiger partial charge in [0.1, 0.15) is 0 Å². The molecule has 0 aliphatic carbocycles. The van der Waals surface area contributed by atoms with Crippen molar-refractivity contribution >= 4 is 11.3 Å². The maximum absolute atomic E-state index is 10.8. The first-order chi connectivity index (χ1) is 7.39. The fourth-order valence-electron chi connectivity index (χ4n) is 1.35. The first-order valence-electron chi connectivity index (χ1n) is 4.90. The van der Waals surface area contributed by atoms with Crippen LogP contribution in [-0.2, 0) is 5.41 Å². The largest absolute Gasteiger partial charge is 0.313 e. The Bertz CT molecular complexity index is 553. The van der Waals surface area contributed by atoms with Crippen molar-refractivity contribution in [2.45, 2.75) is 26.2 Å². The molecule has 2 heterocycles. The summed E-state index contributed by atoms with van der Waals surface area (Å²) in [4.78, 5) is 14.6. The molecule has 0 aliphatic rings. The van der Waals surface area contributed by atoms with Gasteiger partial charge in [-0.05, 0) is 6.07 Å². The van der Waals surface area contributed by atoms with E-state index in [1.807, 2.05) is 20.8 Å². The predicted molar refractivity (Wildman–Crippen MR) is 58.3 cm³/mol. The van der Waals surface area contributed by atoms with Crippen LogP contribution in [-0.4, -0.2) is 19.5 Å². The SMILES string of the molecule is CC(C)(C)c1nc2c([N+](=O)[O-])cccn2n1. The summed E-state index contributed by atoms with van der Waals surface area (Å²) in [5, 5.41) is 15.0. The molecule has 0 aliphatic heterocycles. The van der Waals surface area contributed by atoms with E-state index in [0.717, 1.165) is 0 Å². The monoisotopic (exact) mass is 220 g/mol. The third-order valence-corrected chi connectivity index (χ3v) is 2.21. The Morgan fingerprint density at radius 1 is 1.44 bits per heavy atom. The van der Waals surface area contributed by atoms with Gasteiger partial charge in [-0.2, -0.15) is 5.10 Å². The quantitative estimate of drug-likeness (QED) is 0.543. The topological polar surface area (TPSA) is 73.3 Å². The molecule has 0 bridgehead atoms. The van der Waals surface area contributed by atoms with Crippen molar-refractivity contribution in [2.24, 2.45) is 0 Å². The van der Waals surface area contributed by atoms with E-state index < -0.39 is 4.92 Å². The Balaban J connectivity index is 2.71. The summed E-state index contributed by atoms with van der Waals surface area (Å²) in [5.74, 6) is 0.599. The summed E-state index contributed by atoms with van der Waals surface area (Å²) in [6.07, 6.45) is 1.66. The predicted octanol–water partition coefficient (Wildman–Crippen LogP) is 1.93. The zero-order chi connectivity index (χ0) is 11.9. The number of rotatable bonds is 1. The van der Waals surface area contributed by atoms with E-state index in [4.69, 9.17) is 0 Å². The molecular formula is C10H12N4O2. The molecule has 2 aromatic heterocycles. The molecule has 0 radical (unpaired) electrons. The van der Waals surface area contributed by atoms with Crippen molar-refractivity contribution in [3.63, 3.8) is 0 Å². The van der Waals surface area contributed by atoms with Crippen LogP contribution in [0, 0.1) is 10.1 Å². The van der Waals surface area contributed by atoms with E-state index in [1.54, 1.807) is 12.3 Å². The summed E-state index contributed by atoms with van der Waals surface area (Å²) in [5.41, 5.74) is 0.0443. The van der Waals surface area contributed by atoms with Crippen molar-refractivity contribution in [3.8, 4) is 0 Å². The molecule has 6 nitrogen and oxygen atoms in total. The molecule has 0 atom stereocenters. The van der Waals surface area contributed by atoms with Crippen LogP contribution in [0.1, 0.15) is 26.6 Å². The average Bonchev–Trinajstić information content (AvgIpc) is 2.59. The van der Waals surface area contributed by atoms with Crippen LogP contribution in [0.25, 0.3) is 5.65 Å². The van der Waals surface area contributed by atoms with Gasteiger partial charge in [-0.1, -0.05) is 20.8 Å². The molecule has 0 saturated heterocycles. The van der Waals surface area contributed by atoms with Crippen LogP contribution in [0.5, 0.6) is 0 Å². The minimum absolute atomic E-state index is 0.0227. The molecule has 6 heteroatoms. The number of pyridine rings is 1. The molecule has 0 aromatic carbocycles. The summed E-state index contributed by atoms with van der Waals surface area (Å²) in [7, 11) is 0. The van der Waals surface area contributed by atoms with Gasteiger partial charge in [0, 0.05) is 17.7 Å². The van der Waals surface area contributed by atoms with Gasteiger partial charge in [-0.25, -0.2) is 9.50 Å². The highest BCUT2D eigenvalue weighted by molar-refractivity contribution is 5.58. The van der Waals surface area contributed by atoms with Crippen molar-refractivity contribution < 1.29 is 4.92 Å². The zero-order valence-corrected chi connectivity index (χ0v) is 9.34. The van der Waals surface area contributed by atoms with Crippen molar-refractivity contribution in [1.29, 1.82) is 0 Å². The smallest absolute Gasteiger partial charge is 0.258 e. The summed E-state index contributed by atoms with van der Waals surface area (Å²) < 4.78 is 1.44. The van der Waals surface area contributed by atoms with Gasteiger partial charge < -0.3 is 0 Å². The molecule has 2 aromatic rings. The highest BCUT2D eigenvalue weighted by Gasteiger charge is 2.23. The number of fused-ring (bicyclic) bond motifs is 1. The van der Waals surface area contributed by atoms with Crippen LogP contribution >= 0.6 is 0 Å². The van der Waals surface area contributed by atoms with Crippen molar-refractivity contribution in [3.05, 3.63) is 34.3 Å². The fraction of sp³-hybridized carbons (Fsp3) is 0.400. The van der Waals surface area contributed by atoms with E-state index in [0.29, 0.717) is 5.82 Å². The second-order valence-electron chi connectivity index (χ2n) is 4.60. The molecule has 0 saturated carbocycles. The van der Waals surface area contributed by atoms with Gasteiger partial charge in [0.05, 0.1) is 4.92 Å². The third kappa shape index (κ3) is 1.62. The fourth-order valence-corrected chi connectivity index (χ4v) is 1.35. The lowest BCUT2D eigenvalue weighted by molar-refractivity contribution is -0.383.